The Bertz CT molecular complexity index is 293. The lowest BCUT2D eigenvalue weighted by molar-refractivity contribution is 0.313. The van der Waals surface area contributed by atoms with Gasteiger partial charge >= 0.3 is 0 Å². The van der Waals surface area contributed by atoms with Crippen LogP contribution in [-0.2, 0) is 19.3 Å². The molecule has 1 fully saturated rings. The number of hydrogen-bond donors (Lipinski definition) is 1. The first kappa shape index (κ1) is 7.56. The van der Waals surface area contributed by atoms with Gasteiger partial charge < -0.3 is 9.73 Å². The number of rotatable bonds is 2. The first-order valence-corrected chi connectivity index (χ1v) is 5.10. The van der Waals surface area contributed by atoms with Gasteiger partial charge in [-0.15, -0.1) is 0 Å². The lowest BCUT2D eigenvalue weighted by atomic mass is 10.00. The Labute approximate surface area is 77.5 Å². The Balaban J connectivity index is 1.74. The number of nitrogens with zero attached hydrogens (tertiary/aromatic N) is 1. The molecule has 2 aliphatic rings. The van der Waals surface area contributed by atoms with Crippen molar-refractivity contribution in [2.45, 2.75) is 25.7 Å². The third kappa shape index (κ3) is 1.27. The Morgan fingerprint density at radius 1 is 1.38 bits per heavy atom. The van der Waals surface area contributed by atoms with Crippen LogP contribution in [0, 0.1) is 5.92 Å². The van der Waals surface area contributed by atoms with Crippen LogP contribution in [0.4, 0.5) is 0 Å². The predicted molar refractivity (Wildman–Crippen MR) is 48.6 cm³/mol. The number of aromatic nitrogens is 1. The van der Waals surface area contributed by atoms with Gasteiger partial charge in [0, 0.05) is 12.8 Å². The van der Waals surface area contributed by atoms with Crippen molar-refractivity contribution >= 4 is 0 Å². The van der Waals surface area contributed by atoms with Gasteiger partial charge in [0.25, 0.3) is 0 Å². The molecule has 0 unspecified atom stereocenters. The maximum absolute atomic E-state index is 5.69. The second kappa shape index (κ2) is 2.84. The van der Waals surface area contributed by atoms with Crippen molar-refractivity contribution in [3.8, 4) is 0 Å². The van der Waals surface area contributed by atoms with Gasteiger partial charge in [-0.05, 0) is 31.8 Å². The standard InChI is InChI=1S/C10H14N2O/c1-2-8-9(3-1)13-10(12-8)4-7-5-11-6-7/h7,11H,1-6H2. The molecule has 0 aromatic carbocycles. The number of aryl methyl sites for hydroxylation is 2. The van der Waals surface area contributed by atoms with Crippen molar-refractivity contribution in [1.29, 1.82) is 0 Å². The third-order valence-corrected chi connectivity index (χ3v) is 2.97. The van der Waals surface area contributed by atoms with Crippen LogP contribution in [-0.4, -0.2) is 18.1 Å². The van der Waals surface area contributed by atoms with Gasteiger partial charge in [0.05, 0.1) is 5.69 Å². The van der Waals surface area contributed by atoms with Gasteiger partial charge in [-0.2, -0.15) is 0 Å². The van der Waals surface area contributed by atoms with Crippen molar-refractivity contribution < 1.29 is 4.42 Å². The zero-order valence-electron chi connectivity index (χ0n) is 7.68. The molecule has 1 saturated heterocycles. The molecule has 1 aliphatic heterocycles. The highest BCUT2D eigenvalue weighted by Crippen LogP contribution is 2.23. The lowest BCUT2D eigenvalue weighted by Crippen LogP contribution is -2.43. The van der Waals surface area contributed by atoms with Crippen molar-refractivity contribution in [1.82, 2.24) is 10.3 Å². The molecule has 0 bridgehead atoms. The van der Waals surface area contributed by atoms with E-state index in [1.165, 1.54) is 12.1 Å². The monoisotopic (exact) mass is 178 g/mol. The lowest BCUT2D eigenvalue weighted by Gasteiger charge is -2.25. The highest BCUT2D eigenvalue weighted by molar-refractivity contribution is 5.15. The average Bonchev–Trinajstić information content (AvgIpc) is 2.54. The van der Waals surface area contributed by atoms with Crippen LogP contribution < -0.4 is 5.32 Å². The Kier molecular flexibility index (Phi) is 1.65. The summed E-state index contributed by atoms with van der Waals surface area (Å²) in [7, 11) is 0. The minimum absolute atomic E-state index is 0.763. The third-order valence-electron chi connectivity index (χ3n) is 2.97. The highest BCUT2D eigenvalue weighted by atomic mass is 16.4. The summed E-state index contributed by atoms with van der Waals surface area (Å²) in [6.07, 6.45) is 4.49. The largest absolute Gasteiger partial charge is 0.445 e. The molecule has 1 N–H and O–H groups in total. The molecule has 2 heterocycles. The molecular weight excluding hydrogens is 164 g/mol. The van der Waals surface area contributed by atoms with Crippen LogP contribution in [0.5, 0.6) is 0 Å². The molecule has 3 nitrogen and oxygen atoms in total. The van der Waals surface area contributed by atoms with Gasteiger partial charge in [0.1, 0.15) is 5.76 Å². The molecule has 0 amide bonds. The number of nitrogens with one attached hydrogen (secondary N) is 1. The van der Waals surface area contributed by atoms with Crippen LogP contribution in [0.3, 0.4) is 0 Å². The molecule has 0 atom stereocenters. The number of hydrogen-bond acceptors (Lipinski definition) is 3. The SMILES string of the molecule is C1Cc2nc(CC3CNC3)oc2C1. The van der Waals surface area contributed by atoms with E-state index in [2.05, 4.69) is 10.3 Å². The minimum atomic E-state index is 0.763. The molecular formula is C10H14N2O. The topological polar surface area (TPSA) is 38.1 Å². The zero-order valence-corrected chi connectivity index (χ0v) is 7.68. The molecule has 13 heavy (non-hydrogen) atoms. The quantitative estimate of drug-likeness (QED) is 0.732. The Hall–Kier alpha value is -0.830. The summed E-state index contributed by atoms with van der Waals surface area (Å²) in [5.74, 6) is 2.89. The van der Waals surface area contributed by atoms with Crippen LogP contribution in [0.2, 0.25) is 0 Å². The van der Waals surface area contributed by atoms with Crippen molar-refractivity contribution in [3.05, 3.63) is 17.3 Å². The van der Waals surface area contributed by atoms with Gasteiger partial charge in [-0.25, -0.2) is 4.98 Å². The highest BCUT2D eigenvalue weighted by Gasteiger charge is 2.23. The molecule has 1 aromatic heterocycles. The molecule has 0 radical (unpaired) electrons. The van der Waals surface area contributed by atoms with Gasteiger partial charge in [0.2, 0.25) is 0 Å². The Morgan fingerprint density at radius 3 is 3.00 bits per heavy atom. The second-order valence-corrected chi connectivity index (χ2v) is 4.06. The van der Waals surface area contributed by atoms with E-state index in [0.29, 0.717) is 0 Å². The summed E-state index contributed by atoms with van der Waals surface area (Å²) < 4.78 is 5.69. The second-order valence-electron chi connectivity index (χ2n) is 4.06. The minimum Gasteiger partial charge on any atom is -0.445 e. The van der Waals surface area contributed by atoms with Gasteiger partial charge in [-0.1, -0.05) is 0 Å². The zero-order chi connectivity index (χ0) is 8.67. The summed E-state index contributed by atoms with van der Waals surface area (Å²) in [5.41, 5.74) is 1.22. The Morgan fingerprint density at radius 2 is 2.31 bits per heavy atom. The van der Waals surface area contributed by atoms with Crippen LogP contribution >= 0.6 is 0 Å². The van der Waals surface area contributed by atoms with Gasteiger partial charge in [-0.3, -0.25) is 0 Å². The smallest absolute Gasteiger partial charge is 0.194 e. The van der Waals surface area contributed by atoms with Crippen molar-refractivity contribution in [3.63, 3.8) is 0 Å². The van der Waals surface area contributed by atoms with E-state index in [1.54, 1.807) is 0 Å². The molecule has 0 saturated carbocycles. The molecule has 70 valence electrons. The van der Waals surface area contributed by atoms with E-state index in [-0.39, 0.29) is 0 Å². The first-order chi connectivity index (χ1) is 6.42. The summed E-state index contributed by atoms with van der Waals surface area (Å²) >= 11 is 0. The first-order valence-electron chi connectivity index (χ1n) is 5.10. The van der Waals surface area contributed by atoms with Crippen molar-refractivity contribution in [2.24, 2.45) is 5.92 Å². The van der Waals surface area contributed by atoms with E-state index in [4.69, 9.17) is 4.42 Å². The fourth-order valence-corrected chi connectivity index (χ4v) is 2.07. The summed E-state index contributed by atoms with van der Waals surface area (Å²) in [6, 6.07) is 0. The molecule has 0 spiro atoms. The molecule has 1 aliphatic carbocycles. The van der Waals surface area contributed by atoms with Crippen LogP contribution in [0.1, 0.15) is 23.8 Å². The summed E-state index contributed by atoms with van der Waals surface area (Å²) in [5, 5.41) is 3.26. The maximum Gasteiger partial charge on any atom is 0.194 e. The van der Waals surface area contributed by atoms with E-state index in [0.717, 1.165) is 49.9 Å². The maximum atomic E-state index is 5.69. The number of oxazole rings is 1. The summed E-state index contributed by atoms with van der Waals surface area (Å²) in [6.45, 7) is 2.26. The van der Waals surface area contributed by atoms with E-state index in [1.807, 2.05) is 0 Å². The van der Waals surface area contributed by atoms with E-state index in [9.17, 15) is 0 Å². The van der Waals surface area contributed by atoms with E-state index < -0.39 is 0 Å². The normalized spacial score (nSPS) is 21.5. The fraction of sp³-hybridized carbons (Fsp3) is 0.700. The average molecular weight is 178 g/mol. The fourth-order valence-electron chi connectivity index (χ4n) is 2.07. The predicted octanol–water partition coefficient (Wildman–Crippen LogP) is 0.925. The van der Waals surface area contributed by atoms with Crippen LogP contribution in [0.25, 0.3) is 0 Å². The molecule has 1 aromatic rings. The molecule has 3 rings (SSSR count). The summed E-state index contributed by atoms with van der Waals surface area (Å²) in [4.78, 5) is 4.52. The van der Waals surface area contributed by atoms with Crippen LogP contribution in [0.15, 0.2) is 4.42 Å². The van der Waals surface area contributed by atoms with Crippen molar-refractivity contribution in [2.75, 3.05) is 13.1 Å². The van der Waals surface area contributed by atoms with Gasteiger partial charge in [0.15, 0.2) is 5.89 Å². The van der Waals surface area contributed by atoms with E-state index >= 15 is 0 Å². The molecule has 3 heteroatoms. The number of fused-ring (bicyclic) bond motifs is 1.